The van der Waals surface area contributed by atoms with E-state index in [4.69, 9.17) is 14.2 Å². The lowest BCUT2D eigenvalue weighted by molar-refractivity contribution is -0.154. The number of pyridine rings is 1. The van der Waals surface area contributed by atoms with Gasteiger partial charge in [0.1, 0.15) is 17.5 Å². The molecule has 3 fully saturated rings. The van der Waals surface area contributed by atoms with Crippen LogP contribution in [-0.4, -0.2) is 68.7 Å². The third-order valence-corrected chi connectivity index (χ3v) is 8.12. The van der Waals surface area contributed by atoms with Crippen molar-refractivity contribution in [2.75, 3.05) is 0 Å². The van der Waals surface area contributed by atoms with E-state index in [1.807, 2.05) is 32.0 Å². The maximum atomic E-state index is 13.3. The minimum absolute atomic E-state index is 0.0987. The summed E-state index contributed by atoms with van der Waals surface area (Å²) in [6.07, 6.45) is 3.68. The van der Waals surface area contributed by atoms with E-state index < -0.39 is 41.2 Å². The molecular weight excluding hydrogens is 450 g/mol. The summed E-state index contributed by atoms with van der Waals surface area (Å²) in [7, 11) is 0. The first-order chi connectivity index (χ1) is 16.4. The third kappa shape index (κ3) is 5.35. The van der Waals surface area contributed by atoms with Crippen LogP contribution in [0.15, 0.2) is 30.5 Å². The number of ether oxygens (including phenoxy) is 3. The van der Waals surface area contributed by atoms with Crippen LogP contribution in [0.1, 0.15) is 66.0 Å². The molecule has 4 rings (SSSR count). The van der Waals surface area contributed by atoms with Crippen LogP contribution in [0.4, 0.5) is 0 Å². The zero-order chi connectivity index (χ0) is 25.6. The van der Waals surface area contributed by atoms with Crippen molar-refractivity contribution in [1.82, 2.24) is 4.98 Å². The first kappa shape index (κ1) is 25.9. The van der Waals surface area contributed by atoms with Crippen molar-refractivity contribution in [3.63, 3.8) is 0 Å². The number of carbonyl (C=O) groups excluding carboxylic acids is 2. The number of aromatic nitrogens is 1. The molecule has 3 aliphatic rings. The van der Waals surface area contributed by atoms with Gasteiger partial charge in [-0.2, -0.15) is 0 Å². The van der Waals surface area contributed by atoms with E-state index in [0.717, 1.165) is 12.1 Å². The molecule has 0 aliphatic carbocycles. The molecule has 3 aliphatic heterocycles. The number of aliphatic hydroxyl groups is 2. The van der Waals surface area contributed by atoms with E-state index in [2.05, 4.69) is 4.98 Å². The van der Waals surface area contributed by atoms with Crippen molar-refractivity contribution in [2.45, 2.75) is 102 Å². The van der Waals surface area contributed by atoms with E-state index in [9.17, 15) is 19.8 Å². The summed E-state index contributed by atoms with van der Waals surface area (Å²) in [6, 6.07) is 5.55. The standard InChI is InChI=1S/C27H37NO7/c1-16-23(31)25(2,3)19(29)15-22(30)33-18(10-9-17-8-6-7-13-28-17)14-21-26(4,34-21)12-11-20-27(5,35-20)24(16)32/h6-10,13,16,18-21,24,29,32H,11-12,14-15H2,1-5H3/t16-,18+,19-,20?,21-,24+,26+,27?/m0/s1. The highest BCUT2D eigenvalue weighted by atomic mass is 16.6. The lowest BCUT2D eigenvalue weighted by Crippen LogP contribution is -2.48. The zero-order valence-corrected chi connectivity index (χ0v) is 21.1. The highest BCUT2D eigenvalue weighted by Crippen LogP contribution is 2.50. The first-order valence-corrected chi connectivity index (χ1v) is 12.4. The Morgan fingerprint density at radius 2 is 1.83 bits per heavy atom. The van der Waals surface area contributed by atoms with Crippen LogP contribution in [0, 0.1) is 11.3 Å². The van der Waals surface area contributed by atoms with Crippen molar-refractivity contribution < 1.29 is 34.0 Å². The molecule has 1 aromatic heterocycles. The molecule has 8 heteroatoms. The second kappa shape index (κ2) is 9.39. The quantitative estimate of drug-likeness (QED) is 0.482. The number of hydrogen-bond donors (Lipinski definition) is 2. The Morgan fingerprint density at radius 1 is 1.09 bits per heavy atom. The van der Waals surface area contributed by atoms with Gasteiger partial charge >= 0.3 is 5.97 Å². The lowest BCUT2D eigenvalue weighted by Gasteiger charge is -2.34. The van der Waals surface area contributed by atoms with Crippen molar-refractivity contribution in [1.29, 1.82) is 0 Å². The summed E-state index contributed by atoms with van der Waals surface area (Å²) in [5, 5.41) is 21.8. The Hall–Kier alpha value is -2.13. The molecule has 0 amide bonds. The van der Waals surface area contributed by atoms with Crippen LogP contribution in [0.2, 0.25) is 0 Å². The van der Waals surface area contributed by atoms with Crippen LogP contribution < -0.4 is 0 Å². The second-order valence-corrected chi connectivity index (χ2v) is 11.2. The van der Waals surface area contributed by atoms with Crippen LogP contribution in [-0.2, 0) is 23.8 Å². The predicted molar refractivity (Wildman–Crippen MR) is 128 cm³/mol. The largest absolute Gasteiger partial charge is 0.458 e. The topological polar surface area (TPSA) is 122 Å². The molecule has 35 heavy (non-hydrogen) atoms. The van der Waals surface area contributed by atoms with Crippen molar-refractivity contribution >= 4 is 17.8 Å². The van der Waals surface area contributed by atoms with Gasteiger partial charge in [0.15, 0.2) is 0 Å². The SMILES string of the molecule is C[C@H]1C(=O)C(C)(C)[C@@H](O)CC(=O)O[C@H](C=Cc2ccccn2)C[C@@H]2O[C@]2(C)CCC2OC2(C)[C@@H]1O. The van der Waals surface area contributed by atoms with Crippen LogP contribution in [0.3, 0.4) is 0 Å². The molecule has 3 saturated heterocycles. The van der Waals surface area contributed by atoms with Gasteiger partial charge in [-0.15, -0.1) is 0 Å². The predicted octanol–water partition coefficient (Wildman–Crippen LogP) is 2.85. The smallest absolute Gasteiger partial charge is 0.309 e. The van der Waals surface area contributed by atoms with Gasteiger partial charge in [0, 0.05) is 18.5 Å². The van der Waals surface area contributed by atoms with Crippen molar-refractivity contribution in [2.24, 2.45) is 11.3 Å². The van der Waals surface area contributed by atoms with Crippen molar-refractivity contribution in [3.05, 3.63) is 36.2 Å². The number of nitrogens with zero attached hydrogens (tertiary/aromatic N) is 1. The van der Waals surface area contributed by atoms with E-state index in [0.29, 0.717) is 12.8 Å². The number of esters is 1. The molecule has 4 heterocycles. The normalized spacial score (nSPS) is 42.1. The molecule has 2 unspecified atom stereocenters. The number of ketones is 1. The molecule has 8 atom stereocenters. The number of cyclic esters (lactones) is 1. The summed E-state index contributed by atoms with van der Waals surface area (Å²) >= 11 is 0. The number of carbonyl (C=O) groups is 2. The number of Topliss-reactive ketones (excluding diaryl/α,β-unsaturated/α-hetero) is 1. The van der Waals surface area contributed by atoms with Gasteiger partial charge in [-0.1, -0.05) is 26.8 Å². The van der Waals surface area contributed by atoms with Gasteiger partial charge in [-0.25, -0.2) is 0 Å². The fourth-order valence-electron chi connectivity index (χ4n) is 5.18. The lowest BCUT2D eigenvalue weighted by atomic mass is 9.72. The van der Waals surface area contributed by atoms with Gasteiger partial charge in [0.25, 0.3) is 0 Å². The Balaban J connectivity index is 1.56. The van der Waals surface area contributed by atoms with Gasteiger partial charge in [0.05, 0.1) is 47.5 Å². The maximum Gasteiger partial charge on any atom is 0.309 e. The Morgan fingerprint density at radius 3 is 2.51 bits per heavy atom. The fourth-order valence-corrected chi connectivity index (χ4v) is 5.18. The molecule has 0 spiro atoms. The molecule has 8 nitrogen and oxygen atoms in total. The summed E-state index contributed by atoms with van der Waals surface area (Å²) in [6.45, 7) is 8.68. The fraction of sp³-hybridized carbons (Fsp3) is 0.667. The molecule has 1 aromatic rings. The Kier molecular flexibility index (Phi) is 6.96. The maximum absolute atomic E-state index is 13.3. The monoisotopic (exact) mass is 487 g/mol. The van der Waals surface area contributed by atoms with Crippen molar-refractivity contribution in [3.8, 4) is 0 Å². The molecule has 192 valence electrons. The molecule has 2 N–H and O–H groups in total. The summed E-state index contributed by atoms with van der Waals surface area (Å²) in [5.41, 5.74) is -1.71. The summed E-state index contributed by atoms with van der Waals surface area (Å²) < 4.78 is 17.6. The molecule has 0 radical (unpaired) electrons. The Labute approximate surface area is 206 Å². The number of hydrogen-bond acceptors (Lipinski definition) is 8. The zero-order valence-electron chi connectivity index (χ0n) is 21.1. The van der Waals surface area contributed by atoms with Crippen LogP contribution in [0.5, 0.6) is 0 Å². The molecular formula is C27H37NO7. The molecule has 0 bridgehead atoms. The number of aliphatic hydroxyl groups excluding tert-OH is 2. The van der Waals surface area contributed by atoms with E-state index in [1.54, 1.807) is 39.1 Å². The second-order valence-electron chi connectivity index (χ2n) is 11.2. The average molecular weight is 488 g/mol. The number of epoxide rings is 2. The van der Waals surface area contributed by atoms with Crippen LogP contribution in [0.25, 0.3) is 6.08 Å². The Bertz CT molecular complexity index is 979. The number of rotatable bonds is 2. The van der Waals surface area contributed by atoms with E-state index >= 15 is 0 Å². The van der Waals surface area contributed by atoms with Gasteiger partial charge in [-0.3, -0.25) is 14.6 Å². The van der Waals surface area contributed by atoms with Gasteiger partial charge in [0.2, 0.25) is 0 Å². The summed E-state index contributed by atoms with van der Waals surface area (Å²) in [4.78, 5) is 30.3. The highest BCUT2D eigenvalue weighted by molar-refractivity contribution is 5.88. The first-order valence-electron chi connectivity index (χ1n) is 12.4. The molecule has 0 aromatic carbocycles. The summed E-state index contributed by atoms with van der Waals surface area (Å²) in [5.74, 6) is -1.69. The van der Waals surface area contributed by atoms with Crippen LogP contribution >= 0.6 is 0 Å². The van der Waals surface area contributed by atoms with E-state index in [-0.39, 0.29) is 30.0 Å². The van der Waals surface area contributed by atoms with Gasteiger partial charge < -0.3 is 24.4 Å². The van der Waals surface area contributed by atoms with Gasteiger partial charge in [-0.05, 0) is 51.0 Å². The minimum atomic E-state index is -1.27. The molecule has 0 saturated carbocycles. The minimum Gasteiger partial charge on any atom is -0.458 e. The van der Waals surface area contributed by atoms with E-state index in [1.165, 1.54) is 0 Å². The average Bonchev–Trinajstić information content (AvgIpc) is 3.69. The highest BCUT2D eigenvalue weighted by Gasteiger charge is 2.62. The third-order valence-electron chi connectivity index (χ3n) is 8.12. The number of fused-ring (bicyclic) bond motifs is 2.